The van der Waals surface area contributed by atoms with E-state index in [-0.39, 0.29) is 39.7 Å². The molecule has 182 valence electrons. The highest BCUT2D eigenvalue weighted by molar-refractivity contribution is 7.89. The van der Waals surface area contributed by atoms with Crippen molar-refractivity contribution in [3.05, 3.63) is 82.4 Å². The van der Waals surface area contributed by atoms with Crippen molar-refractivity contribution in [2.24, 2.45) is 10.8 Å². The number of fused-ring (bicyclic) bond motifs is 1. The third-order valence-electron chi connectivity index (χ3n) is 8.06. The molecule has 6 nitrogen and oxygen atoms in total. The van der Waals surface area contributed by atoms with Crippen molar-refractivity contribution >= 4 is 27.7 Å². The summed E-state index contributed by atoms with van der Waals surface area (Å²) < 4.78 is 43.7. The average molecular weight is 514 g/mol. The summed E-state index contributed by atoms with van der Waals surface area (Å²) in [6.07, 6.45) is 7.57. The highest BCUT2D eigenvalue weighted by atomic mass is 35.5. The van der Waals surface area contributed by atoms with E-state index in [1.54, 1.807) is 30.3 Å². The second-order valence-corrected chi connectivity index (χ2v) is 12.1. The lowest BCUT2D eigenvalue weighted by Crippen LogP contribution is -2.39. The summed E-state index contributed by atoms with van der Waals surface area (Å²) in [7, 11) is -3.86. The number of halogens is 2. The Labute approximate surface area is 208 Å². The van der Waals surface area contributed by atoms with Crippen molar-refractivity contribution in [2.45, 2.75) is 30.6 Å². The number of rotatable bonds is 7. The molecule has 2 atom stereocenters. The van der Waals surface area contributed by atoms with Crippen LogP contribution in [0.25, 0.3) is 11.8 Å². The summed E-state index contributed by atoms with van der Waals surface area (Å²) in [6.45, 7) is 0.113. The molecule has 1 heterocycles. The van der Waals surface area contributed by atoms with Crippen LogP contribution in [0.3, 0.4) is 0 Å². The molecule has 35 heavy (non-hydrogen) atoms. The van der Waals surface area contributed by atoms with Crippen LogP contribution in [-0.4, -0.2) is 47.3 Å². The van der Waals surface area contributed by atoms with Crippen molar-refractivity contribution in [3.63, 3.8) is 0 Å². The molecule has 0 saturated heterocycles. The van der Waals surface area contributed by atoms with Crippen molar-refractivity contribution in [1.29, 1.82) is 0 Å². The molecule has 1 spiro atoms. The monoisotopic (exact) mass is 513 g/mol. The van der Waals surface area contributed by atoms with Crippen molar-refractivity contribution < 1.29 is 17.9 Å². The van der Waals surface area contributed by atoms with Gasteiger partial charge in [0.2, 0.25) is 10.0 Å². The van der Waals surface area contributed by atoms with Crippen LogP contribution < -0.4 is 0 Å². The Morgan fingerprint density at radius 2 is 1.94 bits per heavy atom. The summed E-state index contributed by atoms with van der Waals surface area (Å²) in [6, 6.07) is 12.7. The second-order valence-electron chi connectivity index (χ2n) is 9.82. The predicted molar refractivity (Wildman–Crippen MR) is 131 cm³/mol. The normalized spacial score (nSPS) is 24.6. The Morgan fingerprint density at radius 1 is 1.17 bits per heavy atom. The number of benzene rings is 2. The van der Waals surface area contributed by atoms with E-state index in [1.165, 1.54) is 28.1 Å². The highest BCUT2D eigenvalue weighted by Gasteiger charge is 2.72. The zero-order valence-electron chi connectivity index (χ0n) is 19.0. The van der Waals surface area contributed by atoms with Gasteiger partial charge in [0.1, 0.15) is 10.7 Å². The molecule has 6 rings (SSSR count). The summed E-state index contributed by atoms with van der Waals surface area (Å²) in [5.41, 5.74) is 4.01. The minimum atomic E-state index is -3.86. The van der Waals surface area contributed by atoms with Gasteiger partial charge in [-0.15, -0.1) is 0 Å². The van der Waals surface area contributed by atoms with E-state index in [1.807, 2.05) is 10.9 Å². The summed E-state index contributed by atoms with van der Waals surface area (Å²) in [4.78, 5) is 0.0708. The number of hydrogen-bond acceptors (Lipinski definition) is 4. The number of hydrogen-bond donors (Lipinski definition) is 1. The first-order chi connectivity index (χ1) is 16.8. The Bertz CT molecular complexity index is 1450. The lowest BCUT2D eigenvalue weighted by atomic mass is 9.82. The van der Waals surface area contributed by atoms with E-state index >= 15 is 0 Å². The fourth-order valence-corrected chi connectivity index (χ4v) is 8.29. The first kappa shape index (κ1) is 22.9. The molecule has 1 N–H and O–H groups in total. The van der Waals surface area contributed by atoms with Crippen molar-refractivity contribution in [1.82, 2.24) is 14.1 Å². The maximum Gasteiger partial charge on any atom is 0.244 e. The third-order valence-corrected chi connectivity index (χ3v) is 10.4. The van der Waals surface area contributed by atoms with Crippen LogP contribution in [0.4, 0.5) is 4.39 Å². The molecule has 3 aromatic rings. The largest absolute Gasteiger partial charge is 0.395 e. The van der Waals surface area contributed by atoms with Crippen LogP contribution in [0.5, 0.6) is 0 Å². The minimum Gasteiger partial charge on any atom is -0.395 e. The molecule has 0 bridgehead atoms. The molecule has 1 aromatic heterocycles. The summed E-state index contributed by atoms with van der Waals surface area (Å²) in [5, 5.41) is 14.4. The smallest absolute Gasteiger partial charge is 0.244 e. The van der Waals surface area contributed by atoms with E-state index in [0.717, 1.165) is 42.6 Å². The fourth-order valence-electron chi connectivity index (χ4n) is 6.27. The van der Waals surface area contributed by atoms with Gasteiger partial charge in [-0.1, -0.05) is 29.3 Å². The average Bonchev–Trinajstić information content (AvgIpc) is 3.10. The molecule has 0 radical (unpaired) electrons. The summed E-state index contributed by atoms with van der Waals surface area (Å²) >= 11 is 6.23. The van der Waals surface area contributed by atoms with Gasteiger partial charge in [0.25, 0.3) is 0 Å². The van der Waals surface area contributed by atoms with Crippen LogP contribution in [0.2, 0.25) is 5.02 Å². The van der Waals surface area contributed by atoms with Crippen LogP contribution >= 0.6 is 11.6 Å². The number of sulfonamides is 1. The van der Waals surface area contributed by atoms with Gasteiger partial charge in [0.05, 0.1) is 29.2 Å². The fraction of sp³-hybridized carbons (Fsp3) is 0.346. The van der Waals surface area contributed by atoms with E-state index in [4.69, 9.17) is 11.6 Å². The number of aromatic nitrogens is 2. The molecule has 2 saturated carbocycles. The highest BCUT2D eigenvalue weighted by Crippen LogP contribution is 2.78. The van der Waals surface area contributed by atoms with E-state index < -0.39 is 10.0 Å². The number of aliphatic hydroxyl groups excluding tert-OH is 1. The predicted octanol–water partition coefficient (Wildman–Crippen LogP) is 4.46. The zero-order valence-corrected chi connectivity index (χ0v) is 20.6. The molecule has 3 aliphatic rings. The summed E-state index contributed by atoms with van der Waals surface area (Å²) in [5.74, 6) is -0.287. The molecule has 0 unspecified atom stereocenters. The van der Waals surface area contributed by atoms with Gasteiger partial charge in [-0.05, 0) is 79.1 Å². The van der Waals surface area contributed by atoms with Gasteiger partial charge < -0.3 is 5.11 Å². The molecule has 0 aliphatic heterocycles. The molecular weight excluding hydrogens is 489 g/mol. The molecule has 9 heteroatoms. The maximum absolute atomic E-state index is 13.5. The van der Waals surface area contributed by atoms with Crippen molar-refractivity contribution in [3.8, 4) is 5.69 Å². The standard InChI is InChI=1S/C26H25ClFN3O3S/c27-22-3-1-2-4-24(22)35(33,34)30(11-12-32)17-25-10-9-19-13-23-18(14-26(19,25)16-25)15-29-31(23)21-7-5-20(28)6-8-21/h1-8,13,15,32H,9-12,14,16-17H2/t25-,26+/m0/s1. The van der Waals surface area contributed by atoms with Gasteiger partial charge in [0.15, 0.2) is 0 Å². The first-order valence-electron chi connectivity index (χ1n) is 11.7. The van der Waals surface area contributed by atoms with Crippen molar-refractivity contribution in [2.75, 3.05) is 19.7 Å². The molecule has 2 fully saturated rings. The first-order valence-corrected chi connectivity index (χ1v) is 13.5. The zero-order chi connectivity index (χ0) is 24.4. The van der Waals surface area contributed by atoms with Crippen LogP contribution in [-0.2, 0) is 16.4 Å². The lowest BCUT2D eigenvalue weighted by molar-refractivity contribution is 0.225. The van der Waals surface area contributed by atoms with E-state index in [9.17, 15) is 17.9 Å². The molecule has 0 amide bonds. The van der Waals surface area contributed by atoms with Gasteiger partial charge >= 0.3 is 0 Å². The third kappa shape index (κ3) is 3.42. The number of nitrogens with zero attached hydrogens (tertiary/aromatic N) is 3. The lowest BCUT2D eigenvalue weighted by Gasteiger charge is -2.29. The molecular formula is C26H25ClFN3O3S. The Morgan fingerprint density at radius 3 is 2.69 bits per heavy atom. The number of allylic oxidation sites excluding steroid dienone is 1. The van der Waals surface area contributed by atoms with E-state index in [2.05, 4.69) is 11.2 Å². The van der Waals surface area contributed by atoms with Gasteiger partial charge in [0, 0.05) is 18.5 Å². The Balaban J connectivity index is 1.31. The van der Waals surface area contributed by atoms with Crippen LogP contribution in [0.15, 0.2) is 65.2 Å². The Hall–Kier alpha value is -2.52. The molecule has 3 aliphatic carbocycles. The SMILES string of the molecule is O=S(=O)(c1ccccc1Cl)N(CCO)C[C@@]12CCC3=Cc4c(cnn4-c4ccc(F)cc4)C[C@@]31C2. The van der Waals surface area contributed by atoms with E-state index in [0.29, 0.717) is 6.54 Å². The Kier molecular flexibility index (Phi) is 5.23. The second kappa shape index (κ2) is 8.00. The topological polar surface area (TPSA) is 75.4 Å². The van der Waals surface area contributed by atoms with Crippen LogP contribution in [0, 0.1) is 16.6 Å². The number of aliphatic hydroxyl groups is 1. The van der Waals surface area contributed by atoms with Gasteiger partial charge in [-0.3, -0.25) is 0 Å². The quantitative estimate of drug-likeness (QED) is 0.506. The minimum absolute atomic E-state index is 0.0260. The van der Waals surface area contributed by atoms with Gasteiger partial charge in [-0.2, -0.15) is 9.40 Å². The molecule has 2 aromatic carbocycles. The maximum atomic E-state index is 13.5. The van der Waals surface area contributed by atoms with Gasteiger partial charge in [-0.25, -0.2) is 17.5 Å². The van der Waals surface area contributed by atoms with Crippen LogP contribution in [0.1, 0.15) is 30.5 Å².